The molecule has 98 valence electrons. The van der Waals surface area contributed by atoms with E-state index < -0.39 is 0 Å². The zero-order valence-corrected chi connectivity index (χ0v) is 11.4. The Morgan fingerprint density at radius 2 is 2.05 bits per heavy atom. The third kappa shape index (κ3) is 1.84. The second kappa shape index (κ2) is 4.23. The molecule has 0 atom stereocenters. The van der Waals surface area contributed by atoms with Crippen LogP contribution in [0.1, 0.15) is 38.1 Å². The summed E-state index contributed by atoms with van der Waals surface area (Å²) in [5.41, 5.74) is 3.31. The molecule has 2 aromatic heterocycles. The van der Waals surface area contributed by atoms with E-state index in [1.807, 2.05) is 12.1 Å². The number of nitrogens with one attached hydrogen (secondary N) is 2. The number of hydrogen-bond donors (Lipinski definition) is 2. The van der Waals surface area contributed by atoms with Crippen molar-refractivity contribution in [3.05, 3.63) is 39.9 Å². The van der Waals surface area contributed by atoms with Gasteiger partial charge < -0.3 is 9.97 Å². The molecule has 4 heteroatoms. The SMILES string of the molecule is CCc1ccc2c(c1)[nH]c(=O)c1[nH]c(C(C)C)nc12. The van der Waals surface area contributed by atoms with E-state index in [4.69, 9.17) is 0 Å². The summed E-state index contributed by atoms with van der Waals surface area (Å²) in [4.78, 5) is 22.7. The molecule has 3 aromatic rings. The smallest absolute Gasteiger partial charge is 0.274 e. The highest BCUT2D eigenvalue weighted by atomic mass is 16.1. The third-order valence-corrected chi connectivity index (χ3v) is 3.49. The largest absolute Gasteiger partial charge is 0.337 e. The van der Waals surface area contributed by atoms with E-state index in [1.165, 1.54) is 5.56 Å². The van der Waals surface area contributed by atoms with Crippen LogP contribution in [0.15, 0.2) is 23.0 Å². The van der Waals surface area contributed by atoms with E-state index in [1.54, 1.807) is 0 Å². The molecule has 4 nitrogen and oxygen atoms in total. The number of fused-ring (bicyclic) bond motifs is 3. The summed E-state index contributed by atoms with van der Waals surface area (Å²) in [5.74, 6) is 1.13. The first-order valence-electron chi connectivity index (χ1n) is 6.64. The molecule has 19 heavy (non-hydrogen) atoms. The second-order valence-corrected chi connectivity index (χ2v) is 5.19. The summed E-state index contributed by atoms with van der Waals surface area (Å²) in [6.07, 6.45) is 0.952. The Labute approximate surface area is 110 Å². The van der Waals surface area contributed by atoms with Crippen LogP contribution in [0, 0.1) is 0 Å². The molecule has 0 saturated heterocycles. The normalized spacial score (nSPS) is 11.8. The van der Waals surface area contributed by atoms with Crippen molar-refractivity contribution in [3.63, 3.8) is 0 Å². The van der Waals surface area contributed by atoms with Crippen LogP contribution in [-0.2, 0) is 6.42 Å². The Kier molecular flexibility index (Phi) is 2.66. The van der Waals surface area contributed by atoms with E-state index in [9.17, 15) is 4.79 Å². The van der Waals surface area contributed by atoms with Gasteiger partial charge in [0.1, 0.15) is 16.9 Å². The Morgan fingerprint density at radius 1 is 1.26 bits per heavy atom. The lowest BCUT2D eigenvalue weighted by molar-refractivity contribution is 0.799. The minimum Gasteiger partial charge on any atom is -0.337 e. The van der Waals surface area contributed by atoms with Crippen molar-refractivity contribution >= 4 is 21.9 Å². The number of H-pyrrole nitrogens is 2. The summed E-state index contributed by atoms with van der Waals surface area (Å²) in [6, 6.07) is 6.15. The molecule has 0 bridgehead atoms. The van der Waals surface area contributed by atoms with Gasteiger partial charge in [-0.2, -0.15) is 0 Å². The van der Waals surface area contributed by atoms with Gasteiger partial charge in [0, 0.05) is 11.3 Å². The van der Waals surface area contributed by atoms with Crippen molar-refractivity contribution in [2.24, 2.45) is 0 Å². The minimum atomic E-state index is -0.102. The molecule has 2 heterocycles. The Bertz CT molecular complexity index is 811. The van der Waals surface area contributed by atoms with E-state index in [0.717, 1.165) is 28.7 Å². The summed E-state index contributed by atoms with van der Waals surface area (Å²) < 4.78 is 0. The number of pyridine rings is 1. The Morgan fingerprint density at radius 3 is 2.74 bits per heavy atom. The van der Waals surface area contributed by atoms with Crippen molar-refractivity contribution in [2.45, 2.75) is 33.1 Å². The van der Waals surface area contributed by atoms with Gasteiger partial charge in [-0.15, -0.1) is 0 Å². The predicted molar refractivity (Wildman–Crippen MR) is 77.7 cm³/mol. The summed E-state index contributed by atoms with van der Waals surface area (Å²) >= 11 is 0. The van der Waals surface area contributed by atoms with Gasteiger partial charge in [-0.05, 0) is 18.1 Å². The van der Waals surface area contributed by atoms with E-state index in [-0.39, 0.29) is 11.5 Å². The van der Waals surface area contributed by atoms with Gasteiger partial charge in [-0.25, -0.2) is 4.98 Å². The highest BCUT2D eigenvalue weighted by molar-refractivity contribution is 6.01. The molecular formula is C15H17N3O. The van der Waals surface area contributed by atoms with Crippen molar-refractivity contribution in [3.8, 4) is 0 Å². The van der Waals surface area contributed by atoms with Gasteiger partial charge in [0.15, 0.2) is 0 Å². The fourth-order valence-electron chi connectivity index (χ4n) is 2.33. The van der Waals surface area contributed by atoms with Crippen molar-refractivity contribution < 1.29 is 0 Å². The van der Waals surface area contributed by atoms with Crippen LogP contribution in [-0.4, -0.2) is 15.0 Å². The fraction of sp³-hybridized carbons (Fsp3) is 0.333. The zero-order chi connectivity index (χ0) is 13.6. The lowest BCUT2D eigenvalue weighted by atomic mass is 10.1. The number of imidazole rings is 1. The highest BCUT2D eigenvalue weighted by Crippen LogP contribution is 2.22. The number of rotatable bonds is 2. The van der Waals surface area contributed by atoms with E-state index in [2.05, 4.69) is 41.8 Å². The maximum atomic E-state index is 12.1. The van der Waals surface area contributed by atoms with Crippen molar-refractivity contribution in [1.82, 2.24) is 15.0 Å². The molecule has 0 aliphatic carbocycles. The molecule has 0 radical (unpaired) electrons. The van der Waals surface area contributed by atoms with Gasteiger partial charge >= 0.3 is 0 Å². The van der Waals surface area contributed by atoms with E-state index >= 15 is 0 Å². The summed E-state index contributed by atoms with van der Waals surface area (Å²) in [7, 11) is 0. The van der Waals surface area contributed by atoms with Gasteiger partial charge in [-0.3, -0.25) is 4.79 Å². The molecule has 0 amide bonds. The lowest BCUT2D eigenvalue weighted by Crippen LogP contribution is -2.06. The quantitative estimate of drug-likeness (QED) is 0.739. The first-order chi connectivity index (χ1) is 9.10. The second-order valence-electron chi connectivity index (χ2n) is 5.19. The minimum absolute atomic E-state index is 0.102. The van der Waals surface area contributed by atoms with Crippen LogP contribution in [0.25, 0.3) is 21.9 Å². The molecule has 0 spiro atoms. The molecule has 0 saturated carbocycles. The van der Waals surface area contributed by atoms with Gasteiger partial charge in [0.25, 0.3) is 5.56 Å². The fourth-order valence-corrected chi connectivity index (χ4v) is 2.33. The van der Waals surface area contributed by atoms with Gasteiger partial charge in [-0.1, -0.05) is 32.9 Å². The molecule has 0 aliphatic heterocycles. The molecule has 0 fully saturated rings. The number of aromatic nitrogens is 3. The molecule has 1 aromatic carbocycles. The molecule has 2 N–H and O–H groups in total. The molecular weight excluding hydrogens is 238 g/mol. The first-order valence-corrected chi connectivity index (χ1v) is 6.64. The number of hydrogen-bond acceptors (Lipinski definition) is 2. The first kappa shape index (κ1) is 12.0. The average molecular weight is 255 g/mol. The standard InChI is InChI=1S/C15H17N3O/c1-4-9-5-6-10-11(7-9)16-15(19)13-12(10)17-14(18-13)8(2)3/h5-8H,4H2,1-3H3,(H,16,19)(H,17,18). The molecule has 0 unspecified atom stereocenters. The average Bonchev–Trinajstić information content (AvgIpc) is 2.84. The van der Waals surface area contributed by atoms with Crippen LogP contribution < -0.4 is 5.56 Å². The number of benzene rings is 1. The number of aromatic amines is 2. The maximum absolute atomic E-state index is 12.1. The summed E-state index contributed by atoms with van der Waals surface area (Å²) in [5, 5.41) is 0.995. The third-order valence-electron chi connectivity index (χ3n) is 3.49. The number of nitrogens with zero attached hydrogens (tertiary/aromatic N) is 1. The van der Waals surface area contributed by atoms with Crippen molar-refractivity contribution in [2.75, 3.05) is 0 Å². The van der Waals surface area contributed by atoms with Crippen molar-refractivity contribution in [1.29, 1.82) is 0 Å². The lowest BCUT2D eigenvalue weighted by Gasteiger charge is -2.01. The molecule has 0 aliphatic rings. The Balaban J connectivity index is 2.42. The topological polar surface area (TPSA) is 61.5 Å². The predicted octanol–water partition coefficient (Wildman–Crippen LogP) is 3.09. The monoisotopic (exact) mass is 255 g/mol. The summed E-state index contributed by atoms with van der Waals surface area (Å²) in [6.45, 7) is 6.22. The number of aryl methyl sites for hydroxylation is 1. The van der Waals surface area contributed by atoms with Crippen LogP contribution >= 0.6 is 0 Å². The van der Waals surface area contributed by atoms with Crippen LogP contribution in [0.3, 0.4) is 0 Å². The Hall–Kier alpha value is -2.10. The molecule has 3 rings (SSSR count). The highest BCUT2D eigenvalue weighted by Gasteiger charge is 2.12. The van der Waals surface area contributed by atoms with Crippen LogP contribution in [0.2, 0.25) is 0 Å². The zero-order valence-electron chi connectivity index (χ0n) is 11.4. The van der Waals surface area contributed by atoms with Gasteiger partial charge in [0.05, 0.1) is 5.52 Å². The van der Waals surface area contributed by atoms with Gasteiger partial charge in [0.2, 0.25) is 0 Å². The van der Waals surface area contributed by atoms with Crippen LogP contribution in [0.5, 0.6) is 0 Å². The van der Waals surface area contributed by atoms with E-state index in [0.29, 0.717) is 5.52 Å². The van der Waals surface area contributed by atoms with Crippen LogP contribution in [0.4, 0.5) is 0 Å². The maximum Gasteiger partial charge on any atom is 0.274 e.